The summed E-state index contributed by atoms with van der Waals surface area (Å²) in [5, 5.41) is 6.47. The second kappa shape index (κ2) is 6.17. The summed E-state index contributed by atoms with van der Waals surface area (Å²) in [4.78, 5) is 4.41. The number of nitrogens with one attached hydrogen (secondary N) is 1. The van der Waals surface area contributed by atoms with Crippen molar-refractivity contribution in [3.05, 3.63) is 16.1 Å². The molecular formula is C10H18N2O2S. The molecule has 4 nitrogen and oxygen atoms in total. The van der Waals surface area contributed by atoms with E-state index < -0.39 is 0 Å². The summed E-state index contributed by atoms with van der Waals surface area (Å²) in [6, 6.07) is 0.225. The predicted molar refractivity (Wildman–Crippen MR) is 61.1 cm³/mol. The number of hydrogen-bond donors (Lipinski definition) is 1. The molecule has 0 aromatic carbocycles. The van der Waals surface area contributed by atoms with Gasteiger partial charge in [-0.25, -0.2) is 4.98 Å². The highest BCUT2D eigenvalue weighted by Crippen LogP contribution is 2.15. The lowest BCUT2D eigenvalue weighted by Gasteiger charge is -2.17. The van der Waals surface area contributed by atoms with E-state index in [-0.39, 0.29) is 12.3 Å². The van der Waals surface area contributed by atoms with Gasteiger partial charge in [-0.05, 0) is 13.8 Å². The zero-order valence-corrected chi connectivity index (χ0v) is 10.4. The lowest BCUT2D eigenvalue weighted by Crippen LogP contribution is -2.31. The summed E-state index contributed by atoms with van der Waals surface area (Å²) in [6.45, 7) is 4.75. The van der Waals surface area contributed by atoms with Crippen molar-refractivity contribution in [2.24, 2.45) is 0 Å². The van der Waals surface area contributed by atoms with Crippen LogP contribution in [0.2, 0.25) is 0 Å². The molecule has 15 heavy (non-hydrogen) atoms. The quantitative estimate of drug-likeness (QED) is 0.756. The standard InChI is InChI=1S/C10H18N2O2S/c1-7(9-6-15-8(2)12-9)11-5-10(13-3)14-4/h6-7,10-11H,5H2,1-4H3. The third kappa shape index (κ3) is 3.87. The average molecular weight is 230 g/mol. The minimum atomic E-state index is -0.202. The van der Waals surface area contributed by atoms with Crippen LogP contribution < -0.4 is 5.32 Å². The number of hydrogen-bond acceptors (Lipinski definition) is 5. The van der Waals surface area contributed by atoms with Crippen LogP contribution in [-0.4, -0.2) is 32.0 Å². The monoisotopic (exact) mass is 230 g/mol. The van der Waals surface area contributed by atoms with Crippen LogP contribution in [0.1, 0.15) is 23.7 Å². The molecular weight excluding hydrogens is 212 g/mol. The van der Waals surface area contributed by atoms with Crippen LogP contribution in [0.25, 0.3) is 0 Å². The Morgan fingerprint density at radius 2 is 2.13 bits per heavy atom. The van der Waals surface area contributed by atoms with E-state index in [1.54, 1.807) is 25.6 Å². The summed E-state index contributed by atoms with van der Waals surface area (Å²) < 4.78 is 10.2. The summed E-state index contributed by atoms with van der Waals surface area (Å²) in [5.74, 6) is 0. The molecule has 1 rings (SSSR count). The van der Waals surface area contributed by atoms with E-state index >= 15 is 0 Å². The largest absolute Gasteiger partial charge is 0.355 e. The lowest BCUT2D eigenvalue weighted by molar-refractivity contribution is -0.0997. The predicted octanol–water partition coefficient (Wildman–Crippen LogP) is 1.72. The third-order valence-electron chi connectivity index (χ3n) is 2.20. The van der Waals surface area contributed by atoms with Gasteiger partial charge in [-0.3, -0.25) is 0 Å². The van der Waals surface area contributed by atoms with E-state index in [2.05, 4.69) is 22.6 Å². The Morgan fingerprint density at radius 1 is 1.47 bits per heavy atom. The molecule has 1 aromatic rings. The summed E-state index contributed by atoms with van der Waals surface area (Å²) >= 11 is 1.66. The topological polar surface area (TPSA) is 43.4 Å². The second-order valence-electron chi connectivity index (χ2n) is 3.32. The fraction of sp³-hybridized carbons (Fsp3) is 0.700. The smallest absolute Gasteiger partial charge is 0.169 e. The van der Waals surface area contributed by atoms with Crippen molar-refractivity contribution in [1.82, 2.24) is 10.3 Å². The van der Waals surface area contributed by atoms with Crippen molar-refractivity contribution in [2.75, 3.05) is 20.8 Å². The van der Waals surface area contributed by atoms with Crippen molar-refractivity contribution < 1.29 is 9.47 Å². The Labute approximate surface area is 94.6 Å². The fourth-order valence-electron chi connectivity index (χ4n) is 1.22. The molecule has 0 spiro atoms. The zero-order valence-electron chi connectivity index (χ0n) is 9.61. The van der Waals surface area contributed by atoms with Crippen LogP contribution in [-0.2, 0) is 9.47 Å². The highest BCUT2D eigenvalue weighted by atomic mass is 32.1. The highest BCUT2D eigenvalue weighted by molar-refractivity contribution is 7.09. The maximum atomic E-state index is 5.09. The van der Waals surface area contributed by atoms with Gasteiger partial charge in [-0.2, -0.15) is 0 Å². The molecule has 1 heterocycles. The van der Waals surface area contributed by atoms with E-state index in [4.69, 9.17) is 9.47 Å². The fourth-order valence-corrected chi connectivity index (χ4v) is 1.93. The van der Waals surface area contributed by atoms with E-state index in [0.717, 1.165) is 10.7 Å². The highest BCUT2D eigenvalue weighted by Gasteiger charge is 2.11. The number of nitrogens with zero attached hydrogens (tertiary/aromatic N) is 1. The Balaban J connectivity index is 2.39. The van der Waals surface area contributed by atoms with E-state index in [1.165, 1.54) is 0 Å². The van der Waals surface area contributed by atoms with Gasteiger partial charge in [0.2, 0.25) is 0 Å². The molecule has 0 fully saturated rings. The van der Waals surface area contributed by atoms with Gasteiger partial charge in [-0.1, -0.05) is 0 Å². The molecule has 1 aromatic heterocycles. The van der Waals surface area contributed by atoms with Crippen LogP contribution in [0, 0.1) is 6.92 Å². The number of rotatable bonds is 6. The number of aromatic nitrogens is 1. The SMILES string of the molecule is COC(CNC(C)c1csc(C)n1)OC. The minimum Gasteiger partial charge on any atom is -0.355 e. The summed E-state index contributed by atoms with van der Waals surface area (Å²) in [5.41, 5.74) is 1.07. The molecule has 0 bridgehead atoms. The van der Waals surface area contributed by atoms with E-state index in [0.29, 0.717) is 6.54 Å². The molecule has 0 amide bonds. The normalized spacial score (nSPS) is 13.4. The molecule has 0 saturated heterocycles. The molecule has 0 aliphatic carbocycles. The number of ether oxygens (including phenoxy) is 2. The molecule has 0 aliphatic heterocycles. The van der Waals surface area contributed by atoms with Gasteiger partial charge in [0.25, 0.3) is 0 Å². The zero-order chi connectivity index (χ0) is 11.3. The molecule has 5 heteroatoms. The number of thiazole rings is 1. The first kappa shape index (κ1) is 12.6. The first-order valence-electron chi connectivity index (χ1n) is 4.88. The summed E-state index contributed by atoms with van der Waals surface area (Å²) in [7, 11) is 3.26. The molecule has 1 atom stereocenters. The van der Waals surface area contributed by atoms with E-state index in [1.807, 2.05) is 6.92 Å². The lowest BCUT2D eigenvalue weighted by atomic mass is 10.2. The van der Waals surface area contributed by atoms with Crippen LogP contribution in [0.3, 0.4) is 0 Å². The maximum Gasteiger partial charge on any atom is 0.169 e. The molecule has 1 unspecified atom stereocenters. The Bertz CT molecular complexity index is 287. The van der Waals surface area contributed by atoms with Crippen LogP contribution in [0.5, 0.6) is 0 Å². The van der Waals surface area contributed by atoms with Crippen LogP contribution >= 0.6 is 11.3 Å². The number of aryl methyl sites for hydroxylation is 1. The van der Waals surface area contributed by atoms with E-state index in [9.17, 15) is 0 Å². The number of methoxy groups -OCH3 is 2. The van der Waals surface area contributed by atoms with Gasteiger partial charge in [0.05, 0.1) is 10.7 Å². The average Bonchev–Trinajstić information content (AvgIpc) is 2.66. The van der Waals surface area contributed by atoms with Crippen LogP contribution in [0.15, 0.2) is 5.38 Å². The Kier molecular flexibility index (Phi) is 5.17. The second-order valence-corrected chi connectivity index (χ2v) is 4.38. The first-order chi connectivity index (χ1) is 7.17. The van der Waals surface area contributed by atoms with Crippen molar-refractivity contribution in [1.29, 1.82) is 0 Å². The third-order valence-corrected chi connectivity index (χ3v) is 2.99. The molecule has 0 aliphatic rings. The van der Waals surface area contributed by atoms with Crippen molar-refractivity contribution >= 4 is 11.3 Å². The molecule has 1 N–H and O–H groups in total. The van der Waals surface area contributed by atoms with Crippen LogP contribution in [0.4, 0.5) is 0 Å². The first-order valence-corrected chi connectivity index (χ1v) is 5.76. The maximum absolute atomic E-state index is 5.09. The Morgan fingerprint density at radius 3 is 2.60 bits per heavy atom. The molecule has 86 valence electrons. The van der Waals surface area contributed by atoms with Gasteiger partial charge in [-0.15, -0.1) is 11.3 Å². The van der Waals surface area contributed by atoms with Crippen molar-refractivity contribution in [3.8, 4) is 0 Å². The van der Waals surface area contributed by atoms with Gasteiger partial charge in [0.15, 0.2) is 6.29 Å². The Hall–Kier alpha value is -0.490. The van der Waals surface area contributed by atoms with Gasteiger partial charge in [0.1, 0.15) is 0 Å². The molecule has 0 saturated carbocycles. The van der Waals surface area contributed by atoms with Crippen molar-refractivity contribution in [3.63, 3.8) is 0 Å². The van der Waals surface area contributed by atoms with Crippen molar-refractivity contribution in [2.45, 2.75) is 26.2 Å². The summed E-state index contributed by atoms with van der Waals surface area (Å²) in [6.07, 6.45) is -0.202. The minimum absolute atomic E-state index is 0.202. The van der Waals surface area contributed by atoms with Gasteiger partial charge in [0, 0.05) is 32.2 Å². The molecule has 0 radical (unpaired) electrons. The van der Waals surface area contributed by atoms with Gasteiger partial charge >= 0.3 is 0 Å². The van der Waals surface area contributed by atoms with Gasteiger partial charge < -0.3 is 14.8 Å².